The topological polar surface area (TPSA) is 17.8 Å². The van der Waals surface area contributed by atoms with Crippen molar-refractivity contribution in [2.24, 2.45) is 5.92 Å². The van der Waals surface area contributed by atoms with Gasteiger partial charge >= 0.3 is 0 Å². The summed E-state index contributed by atoms with van der Waals surface area (Å²) >= 11 is 0. The van der Waals surface area contributed by atoms with Gasteiger partial charge in [0.2, 0.25) is 0 Å². The van der Waals surface area contributed by atoms with Gasteiger partial charge in [0.05, 0.1) is 5.69 Å². The molecule has 2 unspecified atom stereocenters. The summed E-state index contributed by atoms with van der Waals surface area (Å²) in [6.07, 6.45) is 6.30. The van der Waals surface area contributed by atoms with Crippen LogP contribution in [0.5, 0.6) is 0 Å². The zero-order valence-electron chi connectivity index (χ0n) is 17.6. The minimum absolute atomic E-state index is 0.128. The van der Waals surface area contributed by atoms with E-state index in [0.717, 1.165) is 12.2 Å². The summed E-state index contributed by atoms with van der Waals surface area (Å²) in [6, 6.07) is 15.3. The molecular formula is C25H32N2. The normalized spacial score (nSPS) is 14.7. The number of aromatic nitrogens is 2. The van der Waals surface area contributed by atoms with Crippen molar-refractivity contribution in [1.29, 1.82) is 0 Å². The molecule has 2 aromatic carbocycles. The van der Waals surface area contributed by atoms with Gasteiger partial charge in [-0.3, -0.25) is 4.57 Å². The lowest BCUT2D eigenvalue weighted by atomic mass is 9.68. The van der Waals surface area contributed by atoms with E-state index in [1.807, 2.05) is 6.20 Å². The molecule has 1 heterocycles. The summed E-state index contributed by atoms with van der Waals surface area (Å²) in [6.45, 7) is 13.7. The summed E-state index contributed by atoms with van der Waals surface area (Å²) in [5.41, 5.74) is 6.55. The highest BCUT2D eigenvalue weighted by Gasteiger charge is 2.33. The van der Waals surface area contributed by atoms with Gasteiger partial charge in [-0.25, -0.2) is 4.98 Å². The maximum Gasteiger partial charge on any atom is 0.144 e. The fraction of sp³-hybridized carbons (Fsp3) is 0.400. The Morgan fingerprint density at radius 2 is 1.67 bits per heavy atom. The molecule has 0 N–H and O–H groups in total. The number of hydrogen-bond acceptors (Lipinski definition) is 1. The number of nitrogens with zero attached hydrogens (tertiary/aromatic N) is 2. The molecule has 3 aromatic rings. The van der Waals surface area contributed by atoms with Crippen molar-refractivity contribution in [2.75, 3.05) is 0 Å². The van der Waals surface area contributed by atoms with Crippen LogP contribution in [0.1, 0.15) is 57.2 Å². The zero-order chi connectivity index (χ0) is 19.6. The first-order valence-corrected chi connectivity index (χ1v) is 10.1. The summed E-state index contributed by atoms with van der Waals surface area (Å²) in [4.78, 5) is 4.80. The minimum atomic E-state index is 0.128. The molecule has 0 saturated heterocycles. The van der Waals surface area contributed by atoms with Crippen molar-refractivity contribution in [3.05, 3.63) is 71.5 Å². The number of hydrogen-bond donors (Lipinski definition) is 0. The van der Waals surface area contributed by atoms with Crippen LogP contribution in [-0.2, 0) is 5.41 Å². The largest absolute Gasteiger partial charge is 0.299 e. The standard InChI is InChI=1S/C25H32N2/c1-7-20(5)25(6,8-2)22-15-10-9-14-21(22)24-26-16-17-27(24)23-18(3)12-11-13-19(23)4/h9-17,20H,7-8H2,1-6H3. The van der Waals surface area contributed by atoms with Gasteiger partial charge in [-0.15, -0.1) is 0 Å². The smallest absolute Gasteiger partial charge is 0.144 e. The van der Waals surface area contributed by atoms with E-state index in [1.165, 1.54) is 34.4 Å². The Bertz CT molecular complexity index is 901. The fourth-order valence-corrected chi connectivity index (χ4v) is 4.30. The number of rotatable bonds is 6. The van der Waals surface area contributed by atoms with Crippen molar-refractivity contribution >= 4 is 0 Å². The molecule has 0 radical (unpaired) electrons. The lowest BCUT2D eigenvalue weighted by molar-refractivity contribution is 0.296. The molecule has 0 saturated carbocycles. The van der Waals surface area contributed by atoms with E-state index in [-0.39, 0.29) is 5.41 Å². The highest BCUT2D eigenvalue weighted by molar-refractivity contribution is 5.66. The Morgan fingerprint density at radius 3 is 2.30 bits per heavy atom. The lowest BCUT2D eigenvalue weighted by Crippen LogP contribution is -2.30. The molecule has 2 atom stereocenters. The van der Waals surface area contributed by atoms with Crippen molar-refractivity contribution in [1.82, 2.24) is 9.55 Å². The van der Waals surface area contributed by atoms with E-state index >= 15 is 0 Å². The van der Waals surface area contributed by atoms with Gasteiger partial charge in [0.15, 0.2) is 0 Å². The molecule has 0 aliphatic carbocycles. The maximum atomic E-state index is 4.80. The van der Waals surface area contributed by atoms with Crippen LogP contribution in [0.15, 0.2) is 54.9 Å². The fourth-order valence-electron chi connectivity index (χ4n) is 4.30. The van der Waals surface area contributed by atoms with E-state index < -0.39 is 0 Å². The van der Waals surface area contributed by atoms with E-state index in [0.29, 0.717) is 5.92 Å². The van der Waals surface area contributed by atoms with Crippen LogP contribution >= 0.6 is 0 Å². The summed E-state index contributed by atoms with van der Waals surface area (Å²) in [5, 5.41) is 0. The Labute approximate surface area is 164 Å². The lowest BCUT2D eigenvalue weighted by Gasteiger charge is -2.36. The average Bonchev–Trinajstić information content (AvgIpc) is 3.15. The Morgan fingerprint density at radius 1 is 1.00 bits per heavy atom. The second-order valence-electron chi connectivity index (χ2n) is 7.99. The molecular weight excluding hydrogens is 328 g/mol. The summed E-state index contributed by atoms with van der Waals surface area (Å²) < 4.78 is 2.26. The second-order valence-corrected chi connectivity index (χ2v) is 7.99. The predicted octanol–water partition coefficient (Wildman–Crippen LogP) is 6.87. The van der Waals surface area contributed by atoms with Crippen molar-refractivity contribution < 1.29 is 0 Å². The molecule has 27 heavy (non-hydrogen) atoms. The molecule has 0 fully saturated rings. The number of benzene rings is 2. The molecule has 142 valence electrons. The quantitative estimate of drug-likeness (QED) is 0.469. The van der Waals surface area contributed by atoms with Gasteiger partial charge in [0.25, 0.3) is 0 Å². The summed E-state index contributed by atoms with van der Waals surface area (Å²) in [7, 11) is 0. The number of imidazole rings is 1. The highest BCUT2D eigenvalue weighted by atomic mass is 15.1. The van der Waals surface area contributed by atoms with Crippen LogP contribution in [0.25, 0.3) is 17.1 Å². The first-order valence-electron chi connectivity index (χ1n) is 10.1. The van der Waals surface area contributed by atoms with Gasteiger partial charge in [-0.05, 0) is 48.3 Å². The molecule has 0 spiro atoms. The molecule has 3 rings (SSSR count). The Hall–Kier alpha value is -2.35. The molecule has 0 aliphatic heterocycles. The van der Waals surface area contributed by atoms with Crippen molar-refractivity contribution in [3.8, 4) is 17.1 Å². The molecule has 1 aromatic heterocycles. The highest BCUT2D eigenvalue weighted by Crippen LogP contribution is 2.42. The summed E-state index contributed by atoms with van der Waals surface area (Å²) in [5.74, 6) is 1.64. The van der Waals surface area contributed by atoms with Crippen LogP contribution in [0, 0.1) is 19.8 Å². The van der Waals surface area contributed by atoms with Crippen molar-refractivity contribution in [3.63, 3.8) is 0 Å². The molecule has 2 heteroatoms. The average molecular weight is 361 g/mol. The number of aryl methyl sites for hydroxylation is 2. The van der Waals surface area contributed by atoms with E-state index in [4.69, 9.17) is 4.98 Å². The van der Waals surface area contributed by atoms with Crippen LogP contribution in [0.4, 0.5) is 0 Å². The Balaban J connectivity index is 2.23. The first kappa shape index (κ1) is 19.4. The zero-order valence-corrected chi connectivity index (χ0v) is 17.6. The minimum Gasteiger partial charge on any atom is -0.299 e. The molecule has 0 aliphatic rings. The van der Waals surface area contributed by atoms with Gasteiger partial charge < -0.3 is 0 Å². The van der Waals surface area contributed by atoms with Gasteiger partial charge in [0.1, 0.15) is 5.82 Å². The van der Waals surface area contributed by atoms with E-state index in [2.05, 4.69) is 94.8 Å². The second kappa shape index (κ2) is 7.72. The first-order chi connectivity index (χ1) is 12.9. The third kappa shape index (κ3) is 3.34. The van der Waals surface area contributed by atoms with Gasteiger partial charge in [0, 0.05) is 18.0 Å². The van der Waals surface area contributed by atoms with Crippen LogP contribution in [0.2, 0.25) is 0 Å². The molecule has 0 bridgehead atoms. The maximum absolute atomic E-state index is 4.80. The monoisotopic (exact) mass is 360 g/mol. The van der Waals surface area contributed by atoms with E-state index in [9.17, 15) is 0 Å². The third-order valence-electron chi connectivity index (χ3n) is 6.54. The third-order valence-corrected chi connectivity index (χ3v) is 6.54. The van der Waals surface area contributed by atoms with E-state index in [1.54, 1.807) is 0 Å². The molecule has 2 nitrogen and oxygen atoms in total. The van der Waals surface area contributed by atoms with Crippen molar-refractivity contribution in [2.45, 2.75) is 59.8 Å². The van der Waals surface area contributed by atoms with Crippen LogP contribution < -0.4 is 0 Å². The van der Waals surface area contributed by atoms with Crippen LogP contribution in [0.3, 0.4) is 0 Å². The van der Waals surface area contributed by atoms with Gasteiger partial charge in [-0.2, -0.15) is 0 Å². The van der Waals surface area contributed by atoms with Crippen LogP contribution in [-0.4, -0.2) is 9.55 Å². The molecule has 0 amide bonds. The van der Waals surface area contributed by atoms with Gasteiger partial charge in [-0.1, -0.05) is 76.6 Å². The SMILES string of the molecule is CCC(C)C(C)(CC)c1ccccc1-c1nccn1-c1c(C)cccc1C. The number of para-hydroxylation sites is 1. The Kier molecular flexibility index (Phi) is 5.55. The predicted molar refractivity (Wildman–Crippen MR) is 116 cm³/mol.